The van der Waals surface area contributed by atoms with Crippen molar-refractivity contribution in [3.8, 4) is 0 Å². The number of hydrogen-bond acceptors (Lipinski definition) is 3. The molecule has 5 nitrogen and oxygen atoms in total. The van der Waals surface area contributed by atoms with Crippen LogP contribution in [0, 0.1) is 0 Å². The van der Waals surface area contributed by atoms with Gasteiger partial charge >= 0.3 is 18.4 Å². The van der Waals surface area contributed by atoms with E-state index in [9.17, 15) is 39.6 Å². The number of fused-ring (bicyclic) bond motifs is 1. The third-order valence-electron chi connectivity index (χ3n) is 5.27. The van der Waals surface area contributed by atoms with Crippen LogP contribution in [0.2, 0.25) is 0 Å². The summed E-state index contributed by atoms with van der Waals surface area (Å²) in [5.74, 6) is -1.01. The highest BCUT2D eigenvalue weighted by atomic mass is 32.2. The lowest BCUT2D eigenvalue weighted by atomic mass is 10.1. The molecule has 12 heteroatoms. The molecule has 166 valence electrons. The van der Waals surface area contributed by atoms with Gasteiger partial charge in [0.15, 0.2) is 9.84 Å². The van der Waals surface area contributed by atoms with E-state index < -0.39 is 62.9 Å². The number of carbonyl (C=O) groups is 1. The number of halogens is 6. The molecule has 0 unspecified atom stereocenters. The molecular formula is C19H14F6N2O3S. The highest BCUT2D eigenvalue weighted by Crippen LogP contribution is 2.41. The predicted octanol–water partition coefficient (Wildman–Crippen LogP) is 4.34. The molecular weight excluding hydrogens is 450 g/mol. The van der Waals surface area contributed by atoms with Gasteiger partial charge in [-0.15, -0.1) is 0 Å². The zero-order valence-corrected chi connectivity index (χ0v) is 16.3. The van der Waals surface area contributed by atoms with E-state index in [-0.39, 0.29) is 11.4 Å². The van der Waals surface area contributed by atoms with Crippen LogP contribution in [0.15, 0.2) is 48.5 Å². The highest BCUT2D eigenvalue weighted by Gasteiger charge is 2.54. The van der Waals surface area contributed by atoms with Gasteiger partial charge in [0.2, 0.25) is 0 Å². The van der Waals surface area contributed by atoms with Gasteiger partial charge in [-0.3, -0.25) is 9.80 Å². The van der Waals surface area contributed by atoms with Gasteiger partial charge in [-0.05, 0) is 36.4 Å². The average molecular weight is 464 g/mol. The minimum Gasteiger partial charge on any atom is -0.288 e. The molecule has 2 atom stereocenters. The third-order valence-corrected chi connectivity index (χ3v) is 6.97. The minimum atomic E-state index is -4.69. The lowest BCUT2D eigenvalue weighted by molar-refractivity contribution is -0.138. The molecule has 31 heavy (non-hydrogen) atoms. The molecule has 2 aromatic rings. The van der Waals surface area contributed by atoms with E-state index in [1.807, 2.05) is 0 Å². The van der Waals surface area contributed by atoms with Crippen molar-refractivity contribution in [3.63, 3.8) is 0 Å². The highest BCUT2D eigenvalue weighted by molar-refractivity contribution is 7.91. The van der Waals surface area contributed by atoms with Gasteiger partial charge in [0.25, 0.3) is 0 Å². The predicted molar refractivity (Wildman–Crippen MR) is 99.5 cm³/mol. The molecule has 0 aliphatic carbocycles. The van der Waals surface area contributed by atoms with Gasteiger partial charge in [-0.25, -0.2) is 13.2 Å². The Morgan fingerprint density at radius 3 is 1.48 bits per heavy atom. The Kier molecular flexibility index (Phi) is 4.76. The van der Waals surface area contributed by atoms with Gasteiger partial charge in [0.1, 0.15) is 0 Å². The maximum atomic E-state index is 13.1. The van der Waals surface area contributed by atoms with Crippen LogP contribution in [-0.4, -0.2) is 38.0 Å². The Labute approximate surface area is 172 Å². The fourth-order valence-electron chi connectivity index (χ4n) is 3.97. The third kappa shape index (κ3) is 3.84. The van der Waals surface area contributed by atoms with Gasteiger partial charge in [0.05, 0.1) is 34.7 Å². The number of urea groups is 1. The van der Waals surface area contributed by atoms with Crippen molar-refractivity contribution in [2.45, 2.75) is 24.4 Å². The molecule has 4 rings (SSSR count). The number of nitrogens with zero attached hydrogens (tertiary/aromatic N) is 2. The SMILES string of the molecule is O=C1N(c2cccc(C(F)(F)F)c2)[C@@H]2CS(=O)(=O)C[C@H]2N1c1cccc(C(F)(F)F)c1. The summed E-state index contributed by atoms with van der Waals surface area (Å²) >= 11 is 0. The second-order valence-electron chi connectivity index (χ2n) is 7.33. The molecule has 2 fully saturated rings. The fourth-order valence-corrected chi connectivity index (χ4v) is 5.89. The molecule has 2 aromatic carbocycles. The van der Waals surface area contributed by atoms with Crippen molar-refractivity contribution in [1.82, 2.24) is 0 Å². The van der Waals surface area contributed by atoms with Crippen LogP contribution < -0.4 is 9.80 Å². The molecule has 2 saturated heterocycles. The fraction of sp³-hybridized carbons (Fsp3) is 0.316. The largest absolute Gasteiger partial charge is 0.416 e. The number of benzene rings is 2. The molecule has 0 N–H and O–H groups in total. The van der Waals surface area contributed by atoms with Gasteiger partial charge in [0, 0.05) is 11.4 Å². The van der Waals surface area contributed by atoms with Crippen LogP contribution in [0.1, 0.15) is 11.1 Å². The summed E-state index contributed by atoms with van der Waals surface area (Å²) in [7, 11) is -3.67. The quantitative estimate of drug-likeness (QED) is 0.491. The van der Waals surface area contributed by atoms with Crippen LogP contribution in [0.4, 0.5) is 42.5 Å². The first kappa shape index (κ1) is 21.5. The van der Waals surface area contributed by atoms with Crippen LogP contribution >= 0.6 is 0 Å². The summed E-state index contributed by atoms with van der Waals surface area (Å²) in [4.78, 5) is 15.0. The Morgan fingerprint density at radius 1 is 0.742 bits per heavy atom. The molecule has 2 heterocycles. The second kappa shape index (κ2) is 6.87. The Morgan fingerprint density at radius 2 is 1.13 bits per heavy atom. The number of amides is 2. The molecule has 2 aliphatic heterocycles. The molecule has 0 aromatic heterocycles. The molecule has 0 saturated carbocycles. The number of rotatable bonds is 2. The number of alkyl halides is 6. The minimum absolute atomic E-state index is 0.179. The van der Waals surface area contributed by atoms with E-state index in [0.29, 0.717) is 0 Å². The Hall–Kier alpha value is -2.76. The number of hydrogen-bond donors (Lipinski definition) is 0. The van der Waals surface area contributed by atoms with E-state index in [1.165, 1.54) is 12.1 Å². The first-order valence-electron chi connectivity index (χ1n) is 8.95. The second-order valence-corrected chi connectivity index (χ2v) is 9.48. The maximum Gasteiger partial charge on any atom is 0.416 e. The van der Waals surface area contributed by atoms with Crippen LogP contribution in [0.5, 0.6) is 0 Å². The Balaban J connectivity index is 1.81. The maximum absolute atomic E-state index is 13.1. The number of carbonyl (C=O) groups excluding carboxylic acids is 1. The van der Waals surface area contributed by atoms with Crippen molar-refractivity contribution in [3.05, 3.63) is 59.7 Å². The van der Waals surface area contributed by atoms with Gasteiger partial charge in [-0.2, -0.15) is 26.3 Å². The number of anilines is 2. The summed E-state index contributed by atoms with van der Waals surface area (Å²) in [6.07, 6.45) is -9.39. The first-order valence-corrected chi connectivity index (χ1v) is 10.8. The summed E-state index contributed by atoms with van der Waals surface area (Å²) in [5.41, 5.74) is -2.43. The zero-order valence-electron chi connectivity index (χ0n) is 15.5. The lowest BCUT2D eigenvalue weighted by Gasteiger charge is -2.24. The van der Waals surface area contributed by atoms with Crippen LogP contribution in [0.25, 0.3) is 0 Å². The molecule has 0 spiro atoms. The molecule has 2 amide bonds. The van der Waals surface area contributed by atoms with Crippen molar-refractivity contribution >= 4 is 27.2 Å². The number of sulfone groups is 1. The van der Waals surface area contributed by atoms with E-state index in [4.69, 9.17) is 0 Å². The van der Waals surface area contributed by atoms with E-state index in [0.717, 1.165) is 46.2 Å². The van der Waals surface area contributed by atoms with E-state index in [2.05, 4.69) is 0 Å². The van der Waals surface area contributed by atoms with Crippen molar-refractivity contribution in [2.75, 3.05) is 21.3 Å². The normalized spacial score (nSPS) is 23.4. The summed E-state index contributed by atoms with van der Waals surface area (Å²) < 4.78 is 103. The van der Waals surface area contributed by atoms with Crippen LogP contribution in [-0.2, 0) is 22.2 Å². The Bertz CT molecular complexity index is 1060. The van der Waals surface area contributed by atoms with Crippen molar-refractivity contribution in [1.29, 1.82) is 0 Å². The zero-order chi connectivity index (χ0) is 22.8. The monoisotopic (exact) mass is 464 g/mol. The summed E-state index contributed by atoms with van der Waals surface area (Å²) in [6, 6.07) is 4.71. The molecule has 2 aliphatic rings. The van der Waals surface area contributed by atoms with E-state index >= 15 is 0 Å². The van der Waals surface area contributed by atoms with Gasteiger partial charge in [-0.1, -0.05) is 12.1 Å². The molecule has 0 bridgehead atoms. The van der Waals surface area contributed by atoms with Gasteiger partial charge < -0.3 is 0 Å². The standard InChI is InChI=1S/C19H14F6N2O3S/c20-18(21,22)11-3-1-5-13(7-11)26-15-9-31(29,30)10-16(15)27(17(26)28)14-6-2-4-12(8-14)19(23,24)25/h1-8,15-16H,9-10H2/t15-,16-/m1/s1. The topological polar surface area (TPSA) is 57.7 Å². The lowest BCUT2D eigenvalue weighted by Crippen LogP contribution is -2.38. The smallest absolute Gasteiger partial charge is 0.288 e. The molecule has 0 radical (unpaired) electrons. The summed E-state index contributed by atoms with van der Waals surface area (Å²) in [5, 5.41) is 0. The van der Waals surface area contributed by atoms with Crippen LogP contribution in [0.3, 0.4) is 0 Å². The van der Waals surface area contributed by atoms with E-state index in [1.54, 1.807) is 0 Å². The van der Waals surface area contributed by atoms with Crippen molar-refractivity contribution in [2.24, 2.45) is 0 Å². The average Bonchev–Trinajstić information content (AvgIpc) is 3.09. The van der Waals surface area contributed by atoms with Crippen molar-refractivity contribution < 1.29 is 39.6 Å². The summed E-state index contributed by atoms with van der Waals surface area (Å²) in [6.45, 7) is 0. The first-order chi connectivity index (χ1) is 14.3.